The smallest absolute Gasteiger partial charge is 0.311 e. The lowest BCUT2D eigenvalue weighted by Crippen LogP contribution is -2.47. The number of rotatable bonds is 3. The topological polar surface area (TPSA) is 121 Å². The monoisotopic (exact) mass is 395 g/mol. The van der Waals surface area contributed by atoms with Gasteiger partial charge in [-0.15, -0.1) is 22.7 Å². The number of nitrogens with zero attached hydrogens (tertiary/aromatic N) is 2. The van der Waals surface area contributed by atoms with E-state index in [9.17, 15) is 14.8 Å². The van der Waals surface area contributed by atoms with E-state index in [1.54, 1.807) is 45.9 Å². The fourth-order valence-electron chi connectivity index (χ4n) is 4.25. The average molecular weight is 396 g/mol. The molecule has 0 spiro atoms. The van der Waals surface area contributed by atoms with E-state index >= 15 is 0 Å². The number of ether oxygens (including phenoxy) is 1. The predicted octanol–water partition coefficient (Wildman–Crippen LogP) is 2.17. The minimum Gasteiger partial charge on any atom is -0.469 e. The Labute approximate surface area is 163 Å². The molecule has 3 rings (SSSR count). The van der Waals surface area contributed by atoms with Gasteiger partial charge in [-0.05, 0) is 39.8 Å². The van der Waals surface area contributed by atoms with Crippen molar-refractivity contribution in [1.82, 2.24) is 15.0 Å². The molecular weight excluding hydrogens is 372 g/mol. The molecule has 1 aromatic heterocycles. The number of imidazole rings is 1. The standard InChI is InChI=1S/C18H23N4O4.ClH/c1-17(2)11(12(16(24)26-5)18(3,4)22(17)25)15-20-10-8-6-7-9(14(19)23)13(10)21-15;/h6-8,11-12H,1-5H3,(H2,19,23)(H,20,21);1H/t11-,12-;/m0./s1. The molecule has 8 nitrogen and oxygen atoms in total. The highest BCUT2D eigenvalue weighted by Crippen LogP contribution is 2.53. The first kappa shape index (κ1) is 21.1. The lowest BCUT2D eigenvalue weighted by Gasteiger charge is -2.33. The number of para-hydroxylation sites is 1. The second kappa shape index (κ2) is 6.78. The third-order valence-electron chi connectivity index (χ3n) is 5.45. The second-order valence-corrected chi connectivity index (χ2v) is 7.77. The number of primary amides is 1. The van der Waals surface area contributed by atoms with Crippen LogP contribution in [0.4, 0.5) is 0 Å². The number of benzene rings is 1. The van der Waals surface area contributed by atoms with Crippen LogP contribution in [-0.4, -0.2) is 45.1 Å². The number of hydroxylamine groups is 2. The number of methoxy groups -OCH3 is 1. The molecule has 1 aromatic carbocycles. The summed E-state index contributed by atoms with van der Waals surface area (Å²) in [5.41, 5.74) is 4.88. The fourth-order valence-corrected chi connectivity index (χ4v) is 4.25. The Kier molecular flexibility index (Phi) is 5.31. The van der Waals surface area contributed by atoms with Crippen molar-refractivity contribution < 1.29 is 19.5 Å². The van der Waals surface area contributed by atoms with Gasteiger partial charge < -0.3 is 15.5 Å². The lowest BCUT2D eigenvalue weighted by molar-refractivity contribution is -0.249. The van der Waals surface area contributed by atoms with E-state index in [1.807, 2.05) is 0 Å². The van der Waals surface area contributed by atoms with Gasteiger partial charge in [-0.1, -0.05) is 6.07 Å². The SMILES string of the molecule is COC(=O)[C@@H]1[C@@H](c2nc3c(C(N)=O)cccc3[nH]2)C(C)(C)N([O])C1(C)C.Cl. The Morgan fingerprint density at radius 1 is 1.22 bits per heavy atom. The number of aromatic nitrogens is 2. The normalized spacial score (nSPS) is 23.8. The van der Waals surface area contributed by atoms with Crippen molar-refractivity contribution >= 4 is 35.3 Å². The van der Waals surface area contributed by atoms with Crippen molar-refractivity contribution in [2.24, 2.45) is 11.7 Å². The first-order valence-corrected chi connectivity index (χ1v) is 8.37. The summed E-state index contributed by atoms with van der Waals surface area (Å²) in [6.07, 6.45) is 0. The number of fused-ring (bicyclic) bond motifs is 1. The van der Waals surface area contributed by atoms with E-state index in [1.165, 1.54) is 7.11 Å². The van der Waals surface area contributed by atoms with E-state index in [-0.39, 0.29) is 18.0 Å². The van der Waals surface area contributed by atoms with Crippen LogP contribution in [0.15, 0.2) is 18.2 Å². The van der Waals surface area contributed by atoms with Crippen molar-refractivity contribution in [2.45, 2.75) is 44.7 Å². The van der Waals surface area contributed by atoms with Gasteiger partial charge in [0, 0.05) is 0 Å². The molecule has 2 atom stereocenters. The van der Waals surface area contributed by atoms with Crippen molar-refractivity contribution in [3.8, 4) is 0 Å². The molecular formula is C18H24ClN4O4. The highest BCUT2D eigenvalue weighted by molar-refractivity contribution is 6.04. The molecule has 2 heterocycles. The van der Waals surface area contributed by atoms with Crippen molar-refractivity contribution in [2.75, 3.05) is 7.11 Å². The van der Waals surface area contributed by atoms with Gasteiger partial charge in [-0.3, -0.25) is 9.59 Å². The second-order valence-electron chi connectivity index (χ2n) is 7.77. The molecule has 9 heteroatoms. The molecule has 0 unspecified atom stereocenters. The number of amides is 1. The van der Waals surface area contributed by atoms with E-state index in [2.05, 4.69) is 9.97 Å². The molecule has 2 aromatic rings. The highest BCUT2D eigenvalue weighted by Gasteiger charge is 2.63. The van der Waals surface area contributed by atoms with Gasteiger partial charge in [0.15, 0.2) is 0 Å². The number of hydrogen-bond acceptors (Lipinski definition) is 5. The highest BCUT2D eigenvalue weighted by atomic mass is 35.5. The van der Waals surface area contributed by atoms with E-state index in [0.29, 0.717) is 16.9 Å². The van der Waals surface area contributed by atoms with Crippen LogP contribution < -0.4 is 5.73 Å². The molecule has 27 heavy (non-hydrogen) atoms. The predicted molar refractivity (Wildman–Crippen MR) is 101 cm³/mol. The Balaban J connectivity index is 0.00000261. The maximum Gasteiger partial charge on any atom is 0.311 e. The fraction of sp³-hybridized carbons (Fsp3) is 0.500. The van der Waals surface area contributed by atoms with Gasteiger partial charge in [0.1, 0.15) is 11.3 Å². The Morgan fingerprint density at radius 3 is 2.41 bits per heavy atom. The number of aromatic amines is 1. The minimum absolute atomic E-state index is 0. The van der Waals surface area contributed by atoms with Crippen LogP contribution >= 0.6 is 12.4 Å². The third kappa shape index (κ3) is 2.97. The molecule has 0 aliphatic carbocycles. The van der Waals surface area contributed by atoms with Crippen molar-refractivity contribution in [3.63, 3.8) is 0 Å². The number of esters is 1. The van der Waals surface area contributed by atoms with Gasteiger partial charge in [-0.2, -0.15) is 0 Å². The summed E-state index contributed by atoms with van der Waals surface area (Å²) in [5, 5.41) is 13.9. The van der Waals surface area contributed by atoms with E-state index in [0.717, 1.165) is 5.06 Å². The van der Waals surface area contributed by atoms with E-state index in [4.69, 9.17) is 10.5 Å². The van der Waals surface area contributed by atoms with Crippen molar-refractivity contribution in [3.05, 3.63) is 29.6 Å². The quantitative estimate of drug-likeness (QED) is 0.771. The molecule has 0 saturated carbocycles. The van der Waals surface area contributed by atoms with Gasteiger partial charge >= 0.3 is 5.97 Å². The molecule has 1 aliphatic heterocycles. The summed E-state index contributed by atoms with van der Waals surface area (Å²) in [7, 11) is 1.31. The van der Waals surface area contributed by atoms with E-state index < -0.39 is 34.8 Å². The maximum atomic E-state index is 12.9. The molecule has 3 N–H and O–H groups in total. The molecule has 1 aliphatic rings. The Hall–Kier alpha value is -2.16. The van der Waals surface area contributed by atoms with Crippen LogP contribution in [0.3, 0.4) is 0 Å². The zero-order chi connectivity index (χ0) is 19.4. The number of nitrogens with one attached hydrogen (secondary N) is 1. The lowest BCUT2D eigenvalue weighted by atomic mass is 9.76. The number of nitrogens with two attached hydrogens (primary N) is 1. The van der Waals surface area contributed by atoms with Crippen LogP contribution in [0, 0.1) is 5.92 Å². The summed E-state index contributed by atoms with van der Waals surface area (Å²) in [5.74, 6) is -1.87. The molecule has 147 valence electrons. The number of H-pyrrole nitrogens is 1. The van der Waals surface area contributed by atoms with Gasteiger partial charge in [-0.25, -0.2) is 4.98 Å². The third-order valence-corrected chi connectivity index (χ3v) is 5.45. The first-order valence-electron chi connectivity index (χ1n) is 8.37. The van der Waals surface area contributed by atoms with Crippen LogP contribution in [-0.2, 0) is 14.7 Å². The average Bonchev–Trinajstić information content (AvgIpc) is 3.05. The molecule has 0 bridgehead atoms. The molecule has 1 radical (unpaired) electrons. The largest absolute Gasteiger partial charge is 0.469 e. The molecule has 1 fully saturated rings. The summed E-state index contributed by atoms with van der Waals surface area (Å²) >= 11 is 0. The summed E-state index contributed by atoms with van der Waals surface area (Å²) in [4.78, 5) is 31.9. The summed E-state index contributed by atoms with van der Waals surface area (Å²) in [6, 6.07) is 5.07. The molecule has 1 saturated heterocycles. The van der Waals surface area contributed by atoms with Gasteiger partial charge in [0.25, 0.3) is 5.91 Å². The van der Waals surface area contributed by atoms with Gasteiger partial charge in [0.2, 0.25) is 0 Å². The van der Waals surface area contributed by atoms with Crippen LogP contribution in [0.25, 0.3) is 11.0 Å². The van der Waals surface area contributed by atoms with Gasteiger partial charge in [0.05, 0.1) is 41.1 Å². The summed E-state index contributed by atoms with van der Waals surface area (Å²) < 4.78 is 4.98. The Bertz CT molecular complexity index is 893. The Morgan fingerprint density at radius 2 is 1.85 bits per heavy atom. The zero-order valence-corrected chi connectivity index (χ0v) is 16.7. The molecule has 1 amide bonds. The van der Waals surface area contributed by atoms with Crippen molar-refractivity contribution in [1.29, 1.82) is 0 Å². The number of halogens is 1. The zero-order valence-electron chi connectivity index (χ0n) is 15.9. The van der Waals surface area contributed by atoms with Crippen LogP contribution in [0.5, 0.6) is 0 Å². The van der Waals surface area contributed by atoms with Crippen LogP contribution in [0.2, 0.25) is 0 Å². The maximum absolute atomic E-state index is 12.9. The first-order chi connectivity index (χ1) is 12.0. The minimum atomic E-state index is -0.979. The number of carbonyl (C=O) groups is 2. The summed E-state index contributed by atoms with van der Waals surface area (Å²) in [6.45, 7) is 7.00. The number of hydrogen-bond donors (Lipinski definition) is 2. The number of carbonyl (C=O) groups excluding carboxylic acids is 2. The van der Waals surface area contributed by atoms with Crippen LogP contribution in [0.1, 0.15) is 49.8 Å².